The molecule has 2 amide bonds. The van der Waals surface area contributed by atoms with Crippen molar-refractivity contribution in [2.75, 3.05) is 20.3 Å². The van der Waals surface area contributed by atoms with Crippen molar-refractivity contribution in [1.82, 2.24) is 4.90 Å². The van der Waals surface area contributed by atoms with Gasteiger partial charge < -0.3 is 14.2 Å². The Kier molecular flexibility index (Phi) is 7.89. The number of nitrogens with zero attached hydrogens (tertiary/aromatic N) is 1. The van der Waals surface area contributed by atoms with Crippen molar-refractivity contribution < 1.29 is 28.6 Å². The van der Waals surface area contributed by atoms with Crippen molar-refractivity contribution in [3.8, 4) is 17.2 Å². The summed E-state index contributed by atoms with van der Waals surface area (Å²) in [6, 6.07) is 21.0. The van der Waals surface area contributed by atoms with Gasteiger partial charge in [0.25, 0.3) is 11.1 Å². The van der Waals surface area contributed by atoms with E-state index < -0.39 is 5.97 Å². The van der Waals surface area contributed by atoms with E-state index in [-0.39, 0.29) is 35.0 Å². The molecule has 1 heterocycles. The predicted molar refractivity (Wildman–Crippen MR) is 137 cm³/mol. The summed E-state index contributed by atoms with van der Waals surface area (Å²) >= 11 is 4.20. The highest BCUT2D eigenvalue weighted by Gasteiger charge is 2.34. The Morgan fingerprint density at radius 1 is 1.00 bits per heavy atom. The predicted octanol–water partition coefficient (Wildman–Crippen LogP) is 5.79. The molecule has 1 aliphatic heterocycles. The number of halogens is 1. The highest BCUT2D eigenvalue weighted by Crippen LogP contribution is 2.35. The molecule has 0 spiro atoms. The highest BCUT2D eigenvalue weighted by molar-refractivity contribution is 9.10. The third-order valence-corrected chi connectivity index (χ3v) is 6.58. The molecule has 4 rings (SSSR count). The fourth-order valence-corrected chi connectivity index (χ4v) is 4.57. The number of imide groups is 1. The van der Waals surface area contributed by atoms with Gasteiger partial charge in [0, 0.05) is 4.47 Å². The van der Waals surface area contributed by atoms with Crippen LogP contribution in [0.1, 0.15) is 15.9 Å². The van der Waals surface area contributed by atoms with Gasteiger partial charge in [0.2, 0.25) is 0 Å². The number of methoxy groups -OCH3 is 1. The van der Waals surface area contributed by atoms with Crippen molar-refractivity contribution in [2.24, 2.45) is 0 Å². The molecule has 9 heteroatoms. The average molecular weight is 554 g/mol. The first-order valence-electron chi connectivity index (χ1n) is 10.5. The standard InChI is InChI=1S/C26H20BrNO6S/c1-32-22-15-17(11-12-21(22)34-25(30)19-9-5-6-10-20(19)27)16-23-24(29)28(26(31)35-23)13-14-33-18-7-3-2-4-8-18/h2-12,15-16H,13-14H2,1H3/b23-16-. The van der Waals surface area contributed by atoms with Crippen LogP contribution in [0.15, 0.2) is 82.2 Å². The first-order valence-corrected chi connectivity index (χ1v) is 12.1. The van der Waals surface area contributed by atoms with Gasteiger partial charge in [0.15, 0.2) is 11.5 Å². The second-order valence-electron chi connectivity index (χ2n) is 7.27. The van der Waals surface area contributed by atoms with Crippen molar-refractivity contribution in [1.29, 1.82) is 0 Å². The molecule has 0 N–H and O–H groups in total. The van der Waals surface area contributed by atoms with E-state index in [9.17, 15) is 14.4 Å². The van der Waals surface area contributed by atoms with Gasteiger partial charge in [-0.05, 0) is 75.7 Å². The number of para-hydroxylation sites is 1. The largest absolute Gasteiger partial charge is 0.493 e. The molecule has 1 aliphatic rings. The van der Waals surface area contributed by atoms with Gasteiger partial charge in [-0.15, -0.1) is 0 Å². The van der Waals surface area contributed by atoms with Crippen LogP contribution in [-0.4, -0.2) is 42.3 Å². The van der Waals surface area contributed by atoms with Crippen molar-refractivity contribution in [3.05, 3.63) is 93.3 Å². The molecule has 3 aromatic rings. The average Bonchev–Trinajstić information content (AvgIpc) is 3.13. The first-order chi connectivity index (χ1) is 17.0. The van der Waals surface area contributed by atoms with Crippen molar-refractivity contribution in [3.63, 3.8) is 0 Å². The zero-order chi connectivity index (χ0) is 24.8. The summed E-state index contributed by atoms with van der Waals surface area (Å²) in [6.07, 6.45) is 1.60. The summed E-state index contributed by atoms with van der Waals surface area (Å²) in [6.45, 7) is 0.338. The molecule has 0 radical (unpaired) electrons. The minimum atomic E-state index is -0.539. The van der Waals surface area contributed by atoms with Crippen LogP contribution in [0.4, 0.5) is 4.79 Å². The molecule has 1 saturated heterocycles. The Morgan fingerprint density at radius 2 is 1.74 bits per heavy atom. The number of ether oxygens (including phenoxy) is 3. The van der Waals surface area contributed by atoms with Gasteiger partial charge in [-0.3, -0.25) is 14.5 Å². The van der Waals surface area contributed by atoms with E-state index >= 15 is 0 Å². The number of carbonyl (C=O) groups excluding carboxylic acids is 3. The van der Waals surface area contributed by atoms with Crippen LogP contribution in [0.3, 0.4) is 0 Å². The SMILES string of the molecule is COc1cc(/C=C2\SC(=O)N(CCOc3ccccc3)C2=O)ccc1OC(=O)c1ccccc1Br. The van der Waals surface area contributed by atoms with Crippen LogP contribution < -0.4 is 14.2 Å². The number of thioether (sulfide) groups is 1. The first kappa shape index (κ1) is 24.6. The Hall–Kier alpha value is -3.56. The molecular weight excluding hydrogens is 534 g/mol. The van der Waals surface area contributed by atoms with Gasteiger partial charge in [-0.25, -0.2) is 4.79 Å². The molecule has 3 aromatic carbocycles. The van der Waals surface area contributed by atoms with Crippen LogP contribution in [0.5, 0.6) is 17.2 Å². The monoisotopic (exact) mass is 553 g/mol. The molecule has 0 aromatic heterocycles. The summed E-state index contributed by atoms with van der Waals surface area (Å²) in [5.74, 6) is 0.288. The normalized spacial score (nSPS) is 14.3. The molecule has 0 aliphatic carbocycles. The van der Waals surface area contributed by atoms with Crippen LogP contribution in [0.25, 0.3) is 6.08 Å². The van der Waals surface area contributed by atoms with Crippen LogP contribution >= 0.6 is 27.7 Å². The zero-order valence-electron chi connectivity index (χ0n) is 18.6. The van der Waals surface area contributed by atoms with Crippen LogP contribution in [-0.2, 0) is 4.79 Å². The van der Waals surface area contributed by atoms with E-state index in [1.54, 1.807) is 60.7 Å². The molecule has 0 saturated carbocycles. The second-order valence-corrected chi connectivity index (χ2v) is 9.12. The fourth-order valence-electron chi connectivity index (χ4n) is 3.26. The van der Waals surface area contributed by atoms with Crippen molar-refractivity contribution >= 4 is 50.9 Å². The number of hydrogen-bond donors (Lipinski definition) is 0. The minimum absolute atomic E-state index is 0.143. The molecule has 178 valence electrons. The molecule has 0 bridgehead atoms. The lowest BCUT2D eigenvalue weighted by Gasteiger charge is -2.13. The Morgan fingerprint density at radius 3 is 2.49 bits per heavy atom. The van der Waals surface area contributed by atoms with Gasteiger partial charge in [-0.1, -0.05) is 36.4 Å². The second kappa shape index (κ2) is 11.2. The number of esters is 1. The smallest absolute Gasteiger partial charge is 0.344 e. The van der Waals surface area contributed by atoms with Gasteiger partial charge in [0.05, 0.1) is 24.1 Å². The lowest BCUT2D eigenvalue weighted by Crippen LogP contribution is -2.32. The number of hydrogen-bond acceptors (Lipinski definition) is 7. The maximum absolute atomic E-state index is 12.8. The van der Waals surface area contributed by atoms with Gasteiger partial charge in [0.1, 0.15) is 12.4 Å². The van der Waals surface area contributed by atoms with E-state index in [0.29, 0.717) is 27.1 Å². The number of benzene rings is 3. The summed E-state index contributed by atoms with van der Waals surface area (Å²) in [7, 11) is 1.45. The van der Waals surface area contributed by atoms with Crippen LogP contribution in [0.2, 0.25) is 0 Å². The van der Waals surface area contributed by atoms with E-state index in [1.807, 2.05) is 18.2 Å². The summed E-state index contributed by atoms with van der Waals surface area (Å²) in [4.78, 5) is 39.1. The van der Waals surface area contributed by atoms with Crippen molar-refractivity contribution in [2.45, 2.75) is 0 Å². The summed E-state index contributed by atoms with van der Waals surface area (Å²) < 4.78 is 17.1. The number of amides is 2. The van der Waals surface area contributed by atoms with E-state index in [2.05, 4.69) is 15.9 Å². The topological polar surface area (TPSA) is 82.1 Å². The van der Waals surface area contributed by atoms with E-state index in [0.717, 1.165) is 16.7 Å². The quantitative estimate of drug-likeness (QED) is 0.198. The highest BCUT2D eigenvalue weighted by atomic mass is 79.9. The fraction of sp³-hybridized carbons (Fsp3) is 0.115. The van der Waals surface area contributed by atoms with Gasteiger partial charge in [-0.2, -0.15) is 0 Å². The molecule has 7 nitrogen and oxygen atoms in total. The number of rotatable bonds is 8. The Balaban J connectivity index is 1.44. The lowest BCUT2D eigenvalue weighted by atomic mass is 10.1. The van der Waals surface area contributed by atoms with E-state index in [1.165, 1.54) is 7.11 Å². The molecule has 0 unspecified atom stereocenters. The molecular formula is C26H20BrNO6S. The third kappa shape index (κ3) is 5.93. The van der Waals surface area contributed by atoms with Gasteiger partial charge >= 0.3 is 5.97 Å². The third-order valence-electron chi connectivity index (χ3n) is 4.98. The maximum Gasteiger partial charge on any atom is 0.344 e. The summed E-state index contributed by atoms with van der Waals surface area (Å²) in [5, 5.41) is -0.358. The molecule has 35 heavy (non-hydrogen) atoms. The number of carbonyl (C=O) groups is 3. The van der Waals surface area contributed by atoms with E-state index in [4.69, 9.17) is 14.2 Å². The van der Waals surface area contributed by atoms with Crippen LogP contribution in [0, 0.1) is 0 Å². The maximum atomic E-state index is 12.8. The lowest BCUT2D eigenvalue weighted by molar-refractivity contribution is -0.123. The zero-order valence-corrected chi connectivity index (χ0v) is 21.0. The summed E-state index contributed by atoms with van der Waals surface area (Å²) in [5.41, 5.74) is 0.997. The minimum Gasteiger partial charge on any atom is -0.493 e. The molecule has 1 fully saturated rings. The Labute approximate surface area is 214 Å². The molecule has 0 atom stereocenters. The Bertz CT molecular complexity index is 1290.